The van der Waals surface area contributed by atoms with E-state index in [4.69, 9.17) is 14.9 Å². The van der Waals surface area contributed by atoms with Crippen molar-refractivity contribution >= 4 is 5.90 Å². The first-order valence-corrected chi connectivity index (χ1v) is 8.49. The second kappa shape index (κ2) is 9.53. The van der Waals surface area contributed by atoms with E-state index in [9.17, 15) is 5.11 Å². The van der Waals surface area contributed by atoms with E-state index in [2.05, 4.69) is 17.0 Å². The van der Waals surface area contributed by atoms with Crippen LogP contribution < -0.4 is 4.74 Å². The second-order valence-electron chi connectivity index (χ2n) is 5.96. The molecule has 0 radical (unpaired) electrons. The Bertz CT molecular complexity index is 485. The summed E-state index contributed by atoms with van der Waals surface area (Å²) in [5, 5.41) is 17.1. The molecule has 1 aliphatic heterocycles. The standard InChI is InChI=1S/C18H28N2O3/c1-2-22-18(19)7-4-12-23-17-6-3-5-15(13-17)14-20-10-8-16(21)9-11-20/h3,5-6,13,16,19,21H,2,4,7-12,14H2,1H3. The van der Waals surface area contributed by atoms with Crippen LogP contribution in [-0.4, -0.2) is 48.3 Å². The molecule has 1 aliphatic rings. The zero-order valence-electron chi connectivity index (χ0n) is 14.0. The highest BCUT2D eigenvalue weighted by Gasteiger charge is 2.16. The van der Waals surface area contributed by atoms with E-state index in [0.717, 1.165) is 44.6 Å². The van der Waals surface area contributed by atoms with Gasteiger partial charge in [0.25, 0.3) is 0 Å². The molecule has 1 fully saturated rings. The minimum atomic E-state index is -0.128. The first-order chi connectivity index (χ1) is 11.2. The Balaban J connectivity index is 1.73. The van der Waals surface area contributed by atoms with Gasteiger partial charge in [-0.3, -0.25) is 10.3 Å². The van der Waals surface area contributed by atoms with Gasteiger partial charge in [-0.05, 0) is 43.9 Å². The van der Waals surface area contributed by atoms with Gasteiger partial charge in [-0.2, -0.15) is 0 Å². The van der Waals surface area contributed by atoms with Crippen LogP contribution in [0.4, 0.5) is 0 Å². The summed E-state index contributed by atoms with van der Waals surface area (Å²) < 4.78 is 10.9. The quantitative estimate of drug-likeness (QED) is 0.439. The Morgan fingerprint density at radius 1 is 1.35 bits per heavy atom. The van der Waals surface area contributed by atoms with Gasteiger partial charge in [0.1, 0.15) is 5.75 Å². The van der Waals surface area contributed by atoms with Crippen LogP contribution in [0, 0.1) is 5.41 Å². The van der Waals surface area contributed by atoms with Crippen LogP contribution in [0.5, 0.6) is 5.75 Å². The lowest BCUT2D eigenvalue weighted by Gasteiger charge is -2.29. The summed E-state index contributed by atoms with van der Waals surface area (Å²) in [6.45, 7) is 5.83. The Hall–Kier alpha value is -1.59. The molecule has 0 atom stereocenters. The minimum absolute atomic E-state index is 0.128. The molecule has 5 nitrogen and oxygen atoms in total. The van der Waals surface area contributed by atoms with Gasteiger partial charge in [0.05, 0.1) is 19.3 Å². The third kappa shape index (κ3) is 6.59. The second-order valence-corrected chi connectivity index (χ2v) is 5.96. The van der Waals surface area contributed by atoms with Crippen molar-refractivity contribution < 1.29 is 14.6 Å². The first-order valence-electron chi connectivity index (χ1n) is 8.49. The summed E-state index contributed by atoms with van der Waals surface area (Å²) in [5.41, 5.74) is 1.24. The largest absolute Gasteiger partial charge is 0.494 e. The normalized spacial score (nSPS) is 16.3. The number of nitrogens with zero attached hydrogens (tertiary/aromatic N) is 1. The molecule has 1 heterocycles. The van der Waals surface area contributed by atoms with Crippen molar-refractivity contribution in [2.24, 2.45) is 0 Å². The fourth-order valence-corrected chi connectivity index (χ4v) is 2.74. The van der Waals surface area contributed by atoms with E-state index in [0.29, 0.717) is 25.5 Å². The lowest BCUT2D eigenvalue weighted by molar-refractivity contribution is 0.0792. The average Bonchev–Trinajstić information content (AvgIpc) is 2.55. The summed E-state index contributed by atoms with van der Waals surface area (Å²) >= 11 is 0. The summed E-state index contributed by atoms with van der Waals surface area (Å²) in [6, 6.07) is 8.19. The van der Waals surface area contributed by atoms with Gasteiger partial charge >= 0.3 is 0 Å². The SMILES string of the molecule is CCOC(=N)CCCOc1cccc(CN2CCC(O)CC2)c1. The number of aliphatic hydroxyl groups excluding tert-OH is 1. The van der Waals surface area contributed by atoms with Crippen LogP contribution in [-0.2, 0) is 11.3 Å². The maximum Gasteiger partial charge on any atom is 0.180 e. The van der Waals surface area contributed by atoms with Gasteiger partial charge < -0.3 is 14.6 Å². The highest BCUT2D eigenvalue weighted by molar-refractivity contribution is 5.72. The predicted molar refractivity (Wildman–Crippen MR) is 91.0 cm³/mol. The number of piperidine rings is 1. The number of hydrogen-bond acceptors (Lipinski definition) is 5. The molecule has 5 heteroatoms. The fourth-order valence-electron chi connectivity index (χ4n) is 2.74. The van der Waals surface area contributed by atoms with Crippen molar-refractivity contribution in [3.05, 3.63) is 29.8 Å². The average molecular weight is 320 g/mol. The summed E-state index contributed by atoms with van der Waals surface area (Å²) in [4.78, 5) is 2.37. The predicted octanol–water partition coefficient (Wildman–Crippen LogP) is 2.82. The number of benzene rings is 1. The van der Waals surface area contributed by atoms with Crippen LogP contribution in [0.2, 0.25) is 0 Å². The van der Waals surface area contributed by atoms with Gasteiger partial charge in [0.15, 0.2) is 5.90 Å². The van der Waals surface area contributed by atoms with Crippen LogP contribution in [0.25, 0.3) is 0 Å². The van der Waals surface area contributed by atoms with Crippen molar-refractivity contribution in [3.63, 3.8) is 0 Å². The van der Waals surface area contributed by atoms with Crippen molar-refractivity contribution in [1.29, 1.82) is 5.41 Å². The lowest BCUT2D eigenvalue weighted by atomic mass is 10.1. The Morgan fingerprint density at radius 2 is 2.13 bits per heavy atom. The molecule has 0 spiro atoms. The van der Waals surface area contributed by atoms with E-state index in [1.807, 2.05) is 19.1 Å². The molecule has 0 bridgehead atoms. The van der Waals surface area contributed by atoms with Gasteiger partial charge in [-0.15, -0.1) is 0 Å². The molecule has 0 unspecified atom stereocenters. The molecule has 1 aromatic carbocycles. The highest BCUT2D eigenvalue weighted by Crippen LogP contribution is 2.18. The first kappa shape index (κ1) is 17.8. The fraction of sp³-hybridized carbons (Fsp3) is 0.611. The molecule has 23 heavy (non-hydrogen) atoms. The van der Waals surface area contributed by atoms with Gasteiger partial charge in [0.2, 0.25) is 0 Å². The monoisotopic (exact) mass is 320 g/mol. The van der Waals surface area contributed by atoms with Crippen molar-refractivity contribution in [3.8, 4) is 5.75 Å². The third-order valence-corrected chi connectivity index (χ3v) is 4.00. The number of rotatable bonds is 8. The number of hydrogen-bond donors (Lipinski definition) is 2. The molecule has 1 aromatic rings. The van der Waals surface area contributed by atoms with Crippen LogP contribution >= 0.6 is 0 Å². The number of ether oxygens (including phenoxy) is 2. The van der Waals surface area contributed by atoms with Gasteiger partial charge in [0, 0.05) is 26.1 Å². The molecule has 2 N–H and O–H groups in total. The van der Waals surface area contributed by atoms with Gasteiger partial charge in [-0.25, -0.2) is 0 Å². The van der Waals surface area contributed by atoms with E-state index in [1.54, 1.807) is 0 Å². The molecule has 2 rings (SSSR count). The molecule has 0 saturated carbocycles. The van der Waals surface area contributed by atoms with Crippen molar-refractivity contribution in [1.82, 2.24) is 4.90 Å². The Kier molecular flexibility index (Phi) is 7.36. The lowest BCUT2D eigenvalue weighted by Crippen LogP contribution is -2.35. The molecule has 1 saturated heterocycles. The van der Waals surface area contributed by atoms with Crippen LogP contribution in [0.15, 0.2) is 24.3 Å². The zero-order chi connectivity index (χ0) is 16.5. The molecule has 0 amide bonds. The Labute approximate surface area is 138 Å². The van der Waals surface area contributed by atoms with Crippen molar-refractivity contribution in [2.45, 2.75) is 45.3 Å². The zero-order valence-corrected chi connectivity index (χ0v) is 14.0. The van der Waals surface area contributed by atoms with E-state index < -0.39 is 0 Å². The van der Waals surface area contributed by atoms with Gasteiger partial charge in [-0.1, -0.05) is 12.1 Å². The summed E-state index contributed by atoms with van der Waals surface area (Å²) in [6.07, 6.45) is 3.00. The van der Waals surface area contributed by atoms with E-state index in [-0.39, 0.29) is 6.10 Å². The maximum absolute atomic E-state index is 9.56. The number of likely N-dealkylation sites (tertiary alicyclic amines) is 1. The highest BCUT2D eigenvalue weighted by atomic mass is 16.5. The molecule has 128 valence electrons. The summed E-state index contributed by atoms with van der Waals surface area (Å²) in [5.74, 6) is 1.21. The third-order valence-electron chi connectivity index (χ3n) is 4.00. The topological polar surface area (TPSA) is 65.8 Å². The Morgan fingerprint density at radius 3 is 2.87 bits per heavy atom. The molecular weight excluding hydrogens is 292 g/mol. The molecule has 0 aliphatic carbocycles. The minimum Gasteiger partial charge on any atom is -0.494 e. The van der Waals surface area contributed by atoms with Crippen LogP contribution in [0.3, 0.4) is 0 Å². The molecule has 0 aromatic heterocycles. The van der Waals surface area contributed by atoms with Crippen molar-refractivity contribution in [2.75, 3.05) is 26.3 Å². The maximum atomic E-state index is 9.56. The number of aliphatic hydroxyl groups is 1. The smallest absolute Gasteiger partial charge is 0.180 e. The van der Waals surface area contributed by atoms with Crippen LogP contribution in [0.1, 0.15) is 38.2 Å². The number of nitrogens with one attached hydrogen (secondary N) is 1. The summed E-state index contributed by atoms with van der Waals surface area (Å²) in [7, 11) is 0. The van der Waals surface area contributed by atoms with E-state index >= 15 is 0 Å². The van der Waals surface area contributed by atoms with E-state index in [1.165, 1.54) is 5.56 Å². The molecular formula is C18H28N2O3.